The summed E-state index contributed by atoms with van der Waals surface area (Å²) in [6, 6.07) is 7.52. The van der Waals surface area contributed by atoms with Gasteiger partial charge in [0.25, 0.3) is 0 Å². The number of carbonyl (C=O) groups excluding carboxylic acids is 2. The maximum Gasteiger partial charge on any atom is 0.229 e. The third-order valence-electron chi connectivity index (χ3n) is 3.67. The lowest BCUT2D eigenvalue weighted by Crippen LogP contribution is -2.22. The number of carbonyl (C=O) groups is 2. The summed E-state index contributed by atoms with van der Waals surface area (Å²) in [4.78, 5) is 31.7. The van der Waals surface area contributed by atoms with E-state index in [1.165, 1.54) is 13.1 Å². The highest BCUT2D eigenvalue weighted by Gasteiger charge is 2.29. The van der Waals surface area contributed by atoms with E-state index in [2.05, 4.69) is 15.3 Å². The average Bonchev–Trinajstić information content (AvgIpc) is 2.46. The fourth-order valence-corrected chi connectivity index (χ4v) is 2.98. The molecule has 0 saturated heterocycles. The molecule has 3 rings (SSSR count). The maximum absolute atomic E-state index is 12.3. The highest BCUT2D eigenvalue weighted by atomic mass is 35.5. The van der Waals surface area contributed by atoms with Gasteiger partial charge in [0.2, 0.25) is 11.9 Å². The van der Waals surface area contributed by atoms with Crippen molar-refractivity contribution in [1.82, 2.24) is 9.97 Å². The van der Waals surface area contributed by atoms with E-state index in [0.717, 1.165) is 5.56 Å². The van der Waals surface area contributed by atoms with Crippen LogP contribution in [0.5, 0.6) is 0 Å². The van der Waals surface area contributed by atoms with E-state index in [-0.39, 0.29) is 23.6 Å². The number of halogens is 1. The second kappa shape index (κ2) is 5.85. The first-order valence-electron chi connectivity index (χ1n) is 6.95. The van der Waals surface area contributed by atoms with Gasteiger partial charge in [-0.2, -0.15) is 0 Å². The monoisotopic (exact) mass is 315 g/mol. The topological polar surface area (TPSA) is 72.0 Å². The third-order valence-corrected chi connectivity index (χ3v) is 4.02. The van der Waals surface area contributed by atoms with Crippen molar-refractivity contribution in [3.8, 4) is 0 Å². The highest BCUT2D eigenvalue weighted by molar-refractivity contribution is 6.31. The molecule has 0 radical (unpaired) electrons. The molecule has 1 heterocycles. The van der Waals surface area contributed by atoms with Gasteiger partial charge in [0, 0.05) is 24.6 Å². The molecule has 112 valence electrons. The van der Waals surface area contributed by atoms with E-state index in [1.807, 2.05) is 24.3 Å². The minimum absolute atomic E-state index is 0.000504. The Balaban J connectivity index is 1.95. The van der Waals surface area contributed by atoms with Crippen molar-refractivity contribution in [3.05, 3.63) is 52.3 Å². The van der Waals surface area contributed by atoms with Crippen molar-refractivity contribution in [2.45, 2.75) is 25.7 Å². The molecule has 1 aliphatic carbocycles. The molecule has 0 saturated carbocycles. The molecule has 22 heavy (non-hydrogen) atoms. The highest BCUT2D eigenvalue weighted by Crippen LogP contribution is 2.35. The molecule has 6 heteroatoms. The number of anilines is 1. The number of rotatable bonds is 2. The summed E-state index contributed by atoms with van der Waals surface area (Å²) < 4.78 is 0. The van der Waals surface area contributed by atoms with Crippen molar-refractivity contribution in [2.75, 3.05) is 5.32 Å². The van der Waals surface area contributed by atoms with Gasteiger partial charge < -0.3 is 0 Å². The van der Waals surface area contributed by atoms with Gasteiger partial charge in [0.05, 0.1) is 11.3 Å². The summed E-state index contributed by atoms with van der Waals surface area (Å²) in [5.74, 6) is -0.0297. The minimum atomic E-state index is -0.246. The molecule has 1 atom stereocenters. The zero-order valence-electron chi connectivity index (χ0n) is 12.0. The van der Waals surface area contributed by atoms with Crippen LogP contribution in [0.4, 0.5) is 5.95 Å². The van der Waals surface area contributed by atoms with Crippen LogP contribution >= 0.6 is 11.6 Å². The van der Waals surface area contributed by atoms with Gasteiger partial charge in [0.15, 0.2) is 5.78 Å². The smallest absolute Gasteiger partial charge is 0.229 e. The van der Waals surface area contributed by atoms with Crippen LogP contribution in [0.25, 0.3) is 0 Å². The minimum Gasteiger partial charge on any atom is -0.295 e. The Kier molecular flexibility index (Phi) is 3.90. The molecule has 0 spiro atoms. The molecule has 1 amide bonds. The number of ketones is 1. The summed E-state index contributed by atoms with van der Waals surface area (Å²) in [5.41, 5.74) is 2.13. The van der Waals surface area contributed by atoms with E-state index in [1.54, 1.807) is 0 Å². The predicted molar refractivity (Wildman–Crippen MR) is 83.2 cm³/mol. The van der Waals surface area contributed by atoms with Gasteiger partial charge >= 0.3 is 0 Å². The number of Topliss-reactive ketones (excluding diaryl/α,β-unsaturated/α-hetero) is 1. The first-order chi connectivity index (χ1) is 10.5. The Bertz CT molecular complexity index is 761. The van der Waals surface area contributed by atoms with Crippen molar-refractivity contribution < 1.29 is 9.59 Å². The Morgan fingerprint density at radius 3 is 2.82 bits per heavy atom. The first kappa shape index (κ1) is 14.7. The number of benzene rings is 1. The molecule has 1 unspecified atom stereocenters. The van der Waals surface area contributed by atoms with Gasteiger partial charge in [-0.3, -0.25) is 14.9 Å². The van der Waals surface area contributed by atoms with Gasteiger partial charge in [0.1, 0.15) is 0 Å². The molecule has 0 bridgehead atoms. The van der Waals surface area contributed by atoms with E-state index >= 15 is 0 Å². The normalized spacial score (nSPS) is 17.0. The molecular formula is C16H14ClN3O2. The number of fused-ring (bicyclic) bond motifs is 1. The van der Waals surface area contributed by atoms with Gasteiger partial charge in [-0.05, 0) is 24.0 Å². The SMILES string of the molecule is CC(=O)Nc1ncc2c(n1)CC(c1ccccc1Cl)CC2=O. The molecule has 1 aromatic heterocycles. The lowest BCUT2D eigenvalue weighted by molar-refractivity contribution is -0.114. The largest absolute Gasteiger partial charge is 0.295 e. The quantitative estimate of drug-likeness (QED) is 0.924. The number of nitrogens with one attached hydrogen (secondary N) is 1. The average molecular weight is 316 g/mol. The first-order valence-corrected chi connectivity index (χ1v) is 7.33. The van der Waals surface area contributed by atoms with Crippen molar-refractivity contribution in [1.29, 1.82) is 0 Å². The van der Waals surface area contributed by atoms with Crippen molar-refractivity contribution >= 4 is 29.2 Å². The summed E-state index contributed by atoms with van der Waals surface area (Å²) >= 11 is 6.23. The third kappa shape index (κ3) is 2.85. The molecule has 0 aliphatic heterocycles. The molecule has 1 N–H and O–H groups in total. The standard InChI is InChI=1S/C16H14ClN3O2/c1-9(21)19-16-18-8-12-14(20-16)6-10(7-15(12)22)11-4-2-3-5-13(11)17/h2-5,8,10H,6-7H2,1H3,(H,18,19,20,21). The lowest BCUT2D eigenvalue weighted by atomic mass is 9.82. The second-order valence-electron chi connectivity index (χ2n) is 5.29. The Labute approximate surface area is 132 Å². The zero-order chi connectivity index (χ0) is 15.7. The zero-order valence-corrected chi connectivity index (χ0v) is 12.7. The van der Waals surface area contributed by atoms with E-state index in [0.29, 0.717) is 29.1 Å². The Morgan fingerprint density at radius 1 is 1.32 bits per heavy atom. The van der Waals surface area contributed by atoms with Crippen LogP contribution in [0.15, 0.2) is 30.5 Å². The van der Waals surface area contributed by atoms with Crippen LogP contribution in [-0.4, -0.2) is 21.7 Å². The molecule has 5 nitrogen and oxygen atoms in total. The predicted octanol–water partition coefficient (Wildman–Crippen LogP) is 3.00. The van der Waals surface area contributed by atoms with Crippen molar-refractivity contribution in [3.63, 3.8) is 0 Å². The van der Waals surface area contributed by atoms with Crippen molar-refractivity contribution in [2.24, 2.45) is 0 Å². The summed E-state index contributed by atoms with van der Waals surface area (Å²) in [6.07, 6.45) is 2.47. The number of aromatic nitrogens is 2. The molecular weight excluding hydrogens is 302 g/mol. The number of hydrogen-bond acceptors (Lipinski definition) is 4. The number of amides is 1. The molecule has 1 aliphatic rings. The molecule has 0 fully saturated rings. The lowest BCUT2D eigenvalue weighted by Gasteiger charge is -2.24. The van der Waals surface area contributed by atoms with Crippen LogP contribution in [0.3, 0.4) is 0 Å². The Morgan fingerprint density at radius 2 is 2.09 bits per heavy atom. The second-order valence-corrected chi connectivity index (χ2v) is 5.69. The fourth-order valence-electron chi connectivity index (χ4n) is 2.69. The van der Waals surface area contributed by atoms with E-state index in [4.69, 9.17) is 11.6 Å². The summed E-state index contributed by atoms with van der Waals surface area (Å²) in [7, 11) is 0. The van der Waals surface area contributed by atoms with Crippen LogP contribution in [0, 0.1) is 0 Å². The van der Waals surface area contributed by atoms with Crippen LogP contribution in [0.1, 0.15) is 40.9 Å². The van der Waals surface area contributed by atoms with Gasteiger partial charge in [-0.15, -0.1) is 0 Å². The maximum atomic E-state index is 12.3. The van der Waals surface area contributed by atoms with Gasteiger partial charge in [-0.25, -0.2) is 9.97 Å². The number of hydrogen-bond donors (Lipinski definition) is 1. The molecule has 2 aromatic rings. The number of nitrogens with zero attached hydrogens (tertiary/aromatic N) is 2. The Hall–Kier alpha value is -2.27. The van der Waals surface area contributed by atoms with E-state index in [9.17, 15) is 9.59 Å². The van der Waals surface area contributed by atoms with E-state index < -0.39 is 0 Å². The summed E-state index contributed by atoms with van der Waals surface area (Å²) in [5, 5.41) is 3.19. The fraction of sp³-hybridized carbons (Fsp3) is 0.250. The summed E-state index contributed by atoms with van der Waals surface area (Å²) in [6.45, 7) is 1.39. The van der Waals surface area contributed by atoms with Crippen LogP contribution in [0.2, 0.25) is 5.02 Å². The van der Waals surface area contributed by atoms with Crippen LogP contribution in [-0.2, 0) is 11.2 Å². The van der Waals surface area contributed by atoms with Crippen LogP contribution < -0.4 is 5.32 Å². The molecule has 1 aromatic carbocycles. The van der Waals surface area contributed by atoms with Gasteiger partial charge in [-0.1, -0.05) is 29.8 Å².